The highest BCUT2D eigenvalue weighted by atomic mass is 16.7. The molecule has 4 heteroatoms. The molecule has 2 aliphatic rings. The summed E-state index contributed by atoms with van der Waals surface area (Å²) in [7, 11) is 0. The van der Waals surface area contributed by atoms with Crippen LogP contribution in [-0.4, -0.2) is 30.7 Å². The van der Waals surface area contributed by atoms with Crippen LogP contribution >= 0.6 is 0 Å². The molecule has 0 unspecified atom stereocenters. The summed E-state index contributed by atoms with van der Waals surface area (Å²) in [5.74, 6) is 1.45. The number of rotatable bonds is 1. The van der Waals surface area contributed by atoms with E-state index < -0.39 is 0 Å². The molecule has 1 saturated heterocycles. The van der Waals surface area contributed by atoms with Gasteiger partial charge in [-0.2, -0.15) is 0 Å². The molecule has 0 aromatic heterocycles. The molecule has 0 N–H and O–H groups in total. The summed E-state index contributed by atoms with van der Waals surface area (Å²) in [5.41, 5.74) is 0.673. The van der Waals surface area contributed by atoms with E-state index in [0.717, 1.165) is 13.1 Å². The SMILES string of the molecule is O=C(c1ccc2c(c1)OCO2)N1CC1. The normalized spacial score (nSPS) is 17.0. The molecule has 2 heterocycles. The van der Waals surface area contributed by atoms with Gasteiger partial charge in [-0.25, -0.2) is 0 Å². The lowest BCUT2D eigenvalue weighted by molar-refractivity contribution is 0.0885. The van der Waals surface area contributed by atoms with E-state index in [1.807, 2.05) is 0 Å². The van der Waals surface area contributed by atoms with Crippen molar-refractivity contribution in [2.75, 3.05) is 19.9 Å². The van der Waals surface area contributed by atoms with Crippen LogP contribution in [0.3, 0.4) is 0 Å². The fraction of sp³-hybridized carbons (Fsp3) is 0.300. The van der Waals surface area contributed by atoms with E-state index in [1.54, 1.807) is 23.1 Å². The van der Waals surface area contributed by atoms with Gasteiger partial charge < -0.3 is 14.4 Å². The minimum atomic E-state index is 0.0725. The molecule has 0 radical (unpaired) electrons. The van der Waals surface area contributed by atoms with Gasteiger partial charge in [-0.05, 0) is 18.2 Å². The van der Waals surface area contributed by atoms with Crippen molar-refractivity contribution in [3.63, 3.8) is 0 Å². The molecular weight excluding hydrogens is 182 g/mol. The third kappa shape index (κ3) is 1.11. The Kier molecular flexibility index (Phi) is 1.45. The Morgan fingerprint density at radius 1 is 1.21 bits per heavy atom. The largest absolute Gasteiger partial charge is 0.454 e. The number of fused-ring (bicyclic) bond motifs is 1. The maximum atomic E-state index is 11.6. The summed E-state index contributed by atoms with van der Waals surface area (Å²) in [6, 6.07) is 5.29. The van der Waals surface area contributed by atoms with Gasteiger partial charge >= 0.3 is 0 Å². The van der Waals surface area contributed by atoms with Gasteiger partial charge in [-0.1, -0.05) is 0 Å². The van der Waals surface area contributed by atoms with Crippen molar-refractivity contribution in [1.29, 1.82) is 0 Å². The van der Waals surface area contributed by atoms with Crippen molar-refractivity contribution >= 4 is 5.91 Å². The van der Waals surface area contributed by atoms with Crippen LogP contribution in [-0.2, 0) is 0 Å². The lowest BCUT2D eigenvalue weighted by Crippen LogP contribution is -2.10. The Morgan fingerprint density at radius 3 is 2.79 bits per heavy atom. The quantitative estimate of drug-likeness (QED) is 0.618. The second-order valence-electron chi connectivity index (χ2n) is 3.36. The zero-order valence-electron chi connectivity index (χ0n) is 7.53. The monoisotopic (exact) mass is 191 g/mol. The van der Waals surface area contributed by atoms with E-state index in [4.69, 9.17) is 9.47 Å². The van der Waals surface area contributed by atoms with Crippen molar-refractivity contribution in [3.8, 4) is 11.5 Å². The van der Waals surface area contributed by atoms with Gasteiger partial charge in [-0.3, -0.25) is 4.79 Å². The number of hydrogen-bond acceptors (Lipinski definition) is 3. The van der Waals surface area contributed by atoms with Gasteiger partial charge in [-0.15, -0.1) is 0 Å². The number of carbonyl (C=O) groups excluding carboxylic acids is 1. The molecule has 1 amide bonds. The molecule has 0 spiro atoms. The molecule has 0 saturated carbocycles. The number of carbonyl (C=O) groups is 1. The first-order valence-electron chi connectivity index (χ1n) is 4.53. The Bertz CT molecular complexity index is 398. The average Bonchev–Trinajstić information content (AvgIpc) is 2.95. The maximum absolute atomic E-state index is 11.6. The zero-order chi connectivity index (χ0) is 9.54. The Labute approximate surface area is 81.0 Å². The van der Waals surface area contributed by atoms with Crippen LogP contribution in [0.1, 0.15) is 10.4 Å². The van der Waals surface area contributed by atoms with Gasteiger partial charge in [0.1, 0.15) is 0 Å². The van der Waals surface area contributed by atoms with Crippen LogP contribution in [0.15, 0.2) is 18.2 Å². The molecule has 0 bridgehead atoms. The van der Waals surface area contributed by atoms with E-state index in [9.17, 15) is 4.79 Å². The summed E-state index contributed by atoms with van der Waals surface area (Å²) in [5, 5.41) is 0. The first kappa shape index (κ1) is 7.67. The molecule has 1 fully saturated rings. The third-order valence-corrected chi connectivity index (χ3v) is 2.35. The standard InChI is InChI=1S/C10H9NO3/c12-10(11-3-4-11)7-1-2-8-9(5-7)14-6-13-8/h1-2,5H,3-4,6H2. The molecule has 3 rings (SSSR count). The fourth-order valence-electron chi connectivity index (χ4n) is 1.47. The lowest BCUT2D eigenvalue weighted by atomic mass is 10.2. The topological polar surface area (TPSA) is 38.5 Å². The summed E-state index contributed by atoms with van der Waals surface area (Å²) in [6.07, 6.45) is 0. The summed E-state index contributed by atoms with van der Waals surface area (Å²) < 4.78 is 10.4. The van der Waals surface area contributed by atoms with Crippen LogP contribution in [0.5, 0.6) is 11.5 Å². The van der Waals surface area contributed by atoms with Crippen LogP contribution in [0, 0.1) is 0 Å². The number of nitrogens with zero attached hydrogens (tertiary/aromatic N) is 1. The van der Waals surface area contributed by atoms with E-state index in [-0.39, 0.29) is 12.7 Å². The number of benzene rings is 1. The minimum absolute atomic E-state index is 0.0725. The summed E-state index contributed by atoms with van der Waals surface area (Å²) >= 11 is 0. The van der Waals surface area contributed by atoms with Crippen LogP contribution in [0.2, 0.25) is 0 Å². The third-order valence-electron chi connectivity index (χ3n) is 2.35. The van der Waals surface area contributed by atoms with Crippen molar-refractivity contribution in [2.45, 2.75) is 0 Å². The van der Waals surface area contributed by atoms with E-state index in [1.165, 1.54) is 0 Å². The first-order chi connectivity index (χ1) is 6.84. The molecule has 2 aliphatic heterocycles. The Hall–Kier alpha value is -1.71. The van der Waals surface area contributed by atoms with Gasteiger partial charge in [0.2, 0.25) is 6.79 Å². The Morgan fingerprint density at radius 2 is 2.00 bits per heavy atom. The molecular formula is C10H9NO3. The predicted molar refractivity (Wildman–Crippen MR) is 48.5 cm³/mol. The molecule has 1 aromatic rings. The molecule has 1 aromatic carbocycles. The average molecular weight is 191 g/mol. The van der Waals surface area contributed by atoms with Crippen molar-refractivity contribution < 1.29 is 14.3 Å². The summed E-state index contributed by atoms with van der Waals surface area (Å²) in [6.45, 7) is 1.98. The first-order valence-corrected chi connectivity index (χ1v) is 4.53. The predicted octanol–water partition coefficient (Wildman–Crippen LogP) is 0.871. The second kappa shape index (κ2) is 2.64. The fourth-order valence-corrected chi connectivity index (χ4v) is 1.47. The number of hydrogen-bond donors (Lipinski definition) is 0. The van der Waals surface area contributed by atoms with Gasteiger partial charge in [0.15, 0.2) is 11.5 Å². The molecule has 0 aliphatic carbocycles. The molecule has 72 valence electrons. The highest BCUT2D eigenvalue weighted by Crippen LogP contribution is 2.33. The Balaban J connectivity index is 1.95. The van der Waals surface area contributed by atoms with E-state index >= 15 is 0 Å². The summed E-state index contributed by atoms with van der Waals surface area (Å²) in [4.78, 5) is 13.4. The maximum Gasteiger partial charge on any atom is 0.254 e. The van der Waals surface area contributed by atoms with Crippen molar-refractivity contribution in [1.82, 2.24) is 4.90 Å². The van der Waals surface area contributed by atoms with Crippen LogP contribution in [0.4, 0.5) is 0 Å². The number of amides is 1. The number of ether oxygens (including phenoxy) is 2. The minimum Gasteiger partial charge on any atom is -0.454 e. The highest BCUT2D eigenvalue weighted by Gasteiger charge is 2.26. The molecule has 4 nitrogen and oxygen atoms in total. The molecule has 0 atom stereocenters. The van der Waals surface area contributed by atoms with Crippen molar-refractivity contribution in [3.05, 3.63) is 23.8 Å². The van der Waals surface area contributed by atoms with Gasteiger partial charge in [0.05, 0.1) is 0 Å². The van der Waals surface area contributed by atoms with Gasteiger partial charge in [0.25, 0.3) is 5.91 Å². The highest BCUT2D eigenvalue weighted by molar-refractivity contribution is 5.96. The molecule has 14 heavy (non-hydrogen) atoms. The van der Waals surface area contributed by atoms with Crippen LogP contribution in [0.25, 0.3) is 0 Å². The van der Waals surface area contributed by atoms with E-state index in [0.29, 0.717) is 17.1 Å². The van der Waals surface area contributed by atoms with E-state index in [2.05, 4.69) is 0 Å². The lowest BCUT2D eigenvalue weighted by Gasteiger charge is -2.02. The van der Waals surface area contributed by atoms with Crippen molar-refractivity contribution in [2.24, 2.45) is 0 Å². The smallest absolute Gasteiger partial charge is 0.254 e. The zero-order valence-corrected chi connectivity index (χ0v) is 7.53. The van der Waals surface area contributed by atoms with Gasteiger partial charge in [0, 0.05) is 18.7 Å². The second-order valence-corrected chi connectivity index (χ2v) is 3.36. The van der Waals surface area contributed by atoms with Crippen LogP contribution < -0.4 is 9.47 Å².